The molecular weight excluding hydrogens is 246 g/mol. The predicted molar refractivity (Wildman–Crippen MR) is 76.5 cm³/mol. The summed E-state index contributed by atoms with van der Waals surface area (Å²) < 4.78 is 5.56. The quantitative estimate of drug-likeness (QED) is 0.909. The molecule has 0 amide bonds. The molecule has 2 rings (SSSR count). The Hall–Kier alpha value is -0.650. The van der Waals surface area contributed by atoms with E-state index >= 15 is 0 Å². The molecule has 1 fully saturated rings. The summed E-state index contributed by atoms with van der Waals surface area (Å²) in [7, 11) is 0. The summed E-state index contributed by atoms with van der Waals surface area (Å²) in [6.07, 6.45) is 0. The summed E-state index contributed by atoms with van der Waals surface area (Å²) in [5, 5.41) is 4.50. The summed E-state index contributed by atoms with van der Waals surface area (Å²) >= 11 is 1.81. The molecule has 0 unspecified atom stereocenters. The standard InChI is InChI=1S/C13H23N3OS/c1-5-14-8-11-10(2)15-12(18-11)16-6-7-17-9-13(16,3)4/h14H,5-9H2,1-4H3. The molecule has 0 aliphatic carbocycles. The Morgan fingerprint density at radius 1 is 1.50 bits per heavy atom. The number of hydrogen-bond donors (Lipinski definition) is 1. The molecule has 1 saturated heterocycles. The minimum atomic E-state index is 0.0397. The first kappa shape index (κ1) is 13.8. The number of morpholine rings is 1. The zero-order valence-corrected chi connectivity index (χ0v) is 12.6. The van der Waals surface area contributed by atoms with Gasteiger partial charge in [0.25, 0.3) is 0 Å². The lowest BCUT2D eigenvalue weighted by Crippen LogP contribution is -2.53. The van der Waals surface area contributed by atoms with E-state index in [0.717, 1.165) is 43.7 Å². The second-order valence-electron chi connectivity index (χ2n) is 5.30. The molecule has 0 aromatic carbocycles. The van der Waals surface area contributed by atoms with Crippen molar-refractivity contribution in [1.29, 1.82) is 0 Å². The van der Waals surface area contributed by atoms with Gasteiger partial charge in [0.2, 0.25) is 0 Å². The highest BCUT2D eigenvalue weighted by molar-refractivity contribution is 7.15. The molecule has 1 N–H and O–H groups in total. The van der Waals surface area contributed by atoms with E-state index in [-0.39, 0.29) is 5.54 Å². The summed E-state index contributed by atoms with van der Waals surface area (Å²) in [5.41, 5.74) is 1.19. The summed E-state index contributed by atoms with van der Waals surface area (Å²) in [6, 6.07) is 0. The predicted octanol–water partition coefficient (Wildman–Crippen LogP) is 2.18. The number of rotatable bonds is 4. The van der Waals surface area contributed by atoms with E-state index in [1.54, 1.807) is 11.3 Å². The van der Waals surface area contributed by atoms with Crippen LogP contribution in [0.15, 0.2) is 0 Å². The zero-order chi connectivity index (χ0) is 13.2. The van der Waals surface area contributed by atoms with Crippen molar-refractivity contribution in [1.82, 2.24) is 10.3 Å². The molecule has 0 atom stereocenters. The first-order valence-corrected chi connectivity index (χ1v) is 7.38. The fourth-order valence-corrected chi connectivity index (χ4v) is 3.36. The minimum Gasteiger partial charge on any atom is -0.377 e. The molecule has 1 aromatic rings. The maximum Gasteiger partial charge on any atom is 0.186 e. The zero-order valence-electron chi connectivity index (χ0n) is 11.7. The van der Waals surface area contributed by atoms with Crippen molar-refractivity contribution in [3.05, 3.63) is 10.6 Å². The topological polar surface area (TPSA) is 37.4 Å². The average Bonchev–Trinajstić information content (AvgIpc) is 2.67. The van der Waals surface area contributed by atoms with Crippen molar-refractivity contribution in [2.24, 2.45) is 0 Å². The molecule has 5 heteroatoms. The van der Waals surface area contributed by atoms with Gasteiger partial charge >= 0.3 is 0 Å². The van der Waals surface area contributed by atoms with Gasteiger partial charge in [0.1, 0.15) is 0 Å². The van der Waals surface area contributed by atoms with Crippen molar-refractivity contribution in [3.8, 4) is 0 Å². The number of aromatic nitrogens is 1. The number of anilines is 1. The summed E-state index contributed by atoms with van der Waals surface area (Å²) in [5.74, 6) is 0. The highest BCUT2D eigenvalue weighted by Crippen LogP contribution is 2.32. The van der Waals surface area contributed by atoms with E-state index < -0.39 is 0 Å². The molecule has 1 aromatic heterocycles. The van der Waals surface area contributed by atoms with E-state index in [9.17, 15) is 0 Å². The van der Waals surface area contributed by atoms with Gasteiger partial charge < -0.3 is 15.0 Å². The van der Waals surface area contributed by atoms with Crippen molar-refractivity contribution >= 4 is 16.5 Å². The molecule has 102 valence electrons. The molecule has 2 heterocycles. The molecule has 0 radical (unpaired) electrons. The van der Waals surface area contributed by atoms with Crippen LogP contribution in [0.3, 0.4) is 0 Å². The van der Waals surface area contributed by atoms with E-state index in [1.165, 1.54) is 4.88 Å². The van der Waals surface area contributed by atoms with Crippen LogP contribution in [0.1, 0.15) is 31.3 Å². The van der Waals surface area contributed by atoms with E-state index in [2.05, 4.69) is 37.9 Å². The second kappa shape index (κ2) is 5.55. The third-order valence-electron chi connectivity index (χ3n) is 3.29. The van der Waals surface area contributed by atoms with Crippen LogP contribution < -0.4 is 10.2 Å². The van der Waals surface area contributed by atoms with Gasteiger partial charge in [0, 0.05) is 18.0 Å². The molecule has 0 saturated carbocycles. The lowest BCUT2D eigenvalue weighted by Gasteiger charge is -2.42. The van der Waals surface area contributed by atoms with Crippen molar-refractivity contribution in [2.45, 2.75) is 39.8 Å². The lowest BCUT2D eigenvalue weighted by molar-refractivity contribution is 0.0643. The highest BCUT2D eigenvalue weighted by atomic mass is 32.1. The molecule has 1 aliphatic rings. The van der Waals surface area contributed by atoms with E-state index in [4.69, 9.17) is 9.72 Å². The van der Waals surface area contributed by atoms with Crippen LogP contribution >= 0.6 is 11.3 Å². The monoisotopic (exact) mass is 269 g/mol. The largest absolute Gasteiger partial charge is 0.377 e. The van der Waals surface area contributed by atoms with Crippen LogP contribution in [-0.2, 0) is 11.3 Å². The van der Waals surface area contributed by atoms with E-state index in [1.807, 2.05) is 0 Å². The maximum absolute atomic E-state index is 5.56. The minimum absolute atomic E-state index is 0.0397. The first-order chi connectivity index (χ1) is 8.54. The normalized spacial score (nSPS) is 19.2. The second-order valence-corrected chi connectivity index (χ2v) is 6.36. The fraction of sp³-hybridized carbons (Fsp3) is 0.769. The Morgan fingerprint density at radius 2 is 2.28 bits per heavy atom. The Morgan fingerprint density at radius 3 is 2.94 bits per heavy atom. The van der Waals surface area contributed by atoms with Gasteiger partial charge in [-0.15, -0.1) is 11.3 Å². The van der Waals surface area contributed by atoms with Gasteiger partial charge in [-0.25, -0.2) is 4.98 Å². The van der Waals surface area contributed by atoms with Crippen molar-refractivity contribution in [3.63, 3.8) is 0 Å². The molecule has 18 heavy (non-hydrogen) atoms. The third-order valence-corrected chi connectivity index (χ3v) is 4.47. The average molecular weight is 269 g/mol. The molecular formula is C13H23N3OS. The first-order valence-electron chi connectivity index (χ1n) is 6.57. The number of thiazole rings is 1. The number of nitrogens with one attached hydrogen (secondary N) is 1. The maximum atomic E-state index is 5.56. The molecule has 0 spiro atoms. The van der Waals surface area contributed by atoms with Crippen LogP contribution in [0.5, 0.6) is 0 Å². The van der Waals surface area contributed by atoms with Crippen LogP contribution in [-0.4, -0.2) is 36.8 Å². The van der Waals surface area contributed by atoms with Gasteiger partial charge in [-0.05, 0) is 27.3 Å². The Labute approximate surface area is 113 Å². The van der Waals surface area contributed by atoms with Gasteiger partial charge in [-0.3, -0.25) is 0 Å². The van der Waals surface area contributed by atoms with Gasteiger partial charge in [-0.2, -0.15) is 0 Å². The van der Waals surface area contributed by atoms with Crippen LogP contribution in [0.4, 0.5) is 5.13 Å². The third kappa shape index (κ3) is 2.84. The Balaban J connectivity index is 2.17. The number of hydrogen-bond acceptors (Lipinski definition) is 5. The summed E-state index contributed by atoms with van der Waals surface area (Å²) in [6.45, 7) is 13.1. The van der Waals surface area contributed by atoms with Crippen LogP contribution in [0.2, 0.25) is 0 Å². The van der Waals surface area contributed by atoms with Gasteiger partial charge in [0.05, 0.1) is 24.4 Å². The van der Waals surface area contributed by atoms with Gasteiger partial charge in [-0.1, -0.05) is 6.92 Å². The number of aryl methyl sites for hydroxylation is 1. The van der Waals surface area contributed by atoms with Crippen molar-refractivity contribution < 1.29 is 4.74 Å². The Kier molecular flexibility index (Phi) is 4.25. The SMILES string of the molecule is CCNCc1sc(N2CCOCC2(C)C)nc1C. The fourth-order valence-electron chi connectivity index (χ4n) is 2.14. The molecule has 4 nitrogen and oxygen atoms in total. The molecule has 0 bridgehead atoms. The smallest absolute Gasteiger partial charge is 0.186 e. The van der Waals surface area contributed by atoms with Crippen LogP contribution in [0.25, 0.3) is 0 Å². The van der Waals surface area contributed by atoms with E-state index in [0.29, 0.717) is 0 Å². The summed E-state index contributed by atoms with van der Waals surface area (Å²) in [4.78, 5) is 8.45. The number of nitrogens with zero attached hydrogens (tertiary/aromatic N) is 2. The molecule has 1 aliphatic heterocycles. The number of ether oxygens (including phenoxy) is 1. The van der Waals surface area contributed by atoms with Crippen LogP contribution in [0, 0.1) is 6.92 Å². The van der Waals surface area contributed by atoms with Gasteiger partial charge in [0.15, 0.2) is 5.13 Å². The van der Waals surface area contributed by atoms with Crippen molar-refractivity contribution in [2.75, 3.05) is 31.2 Å². The Bertz CT molecular complexity index is 403. The highest BCUT2D eigenvalue weighted by Gasteiger charge is 2.32. The lowest BCUT2D eigenvalue weighted by atomic mass is 10.0.